The van der Waals surface area contributed by atoms with E-state index in [0.29, 0.717) is 48.0 Å². The number of halogens is 1. The van der Waals surface area contributed by atoms with Crippen LogP contribution in [-0.2, 0) is 0 Å². The number of aliphatic hydroxyl groups is 2. The molecule has 1 aliphatic rings. The quantitative estimate of drug-likeness (QED) is 0.810. The van der Waals surface area contributed by atoms with E-state index in [-0.39, 0.29) is 12.5 Å². The Morgan fingerprint density at radius 2 is 2.15 bits per heavy atom. The summed E-state index contributed by atoms with van der Waals surface area (Å²) in [5.41, 5.74) is 0.571. The summed E-state index contributed by atoms with van der Waals surface area (Å²) in [6, 6.07) is 9.07. The van der Waals surface area contributed by atoms with Gasteiger partial charge in [0.15, 0.2) is 0 Å². The number of hydrogen-bond acceptors (Lipinski definition) is 4. The van der Waals surface area contributed by atoms with Crippen LogP contribution in [0.1, 0.15) is 42.3 Å². The molecule has 0 bridgehead atoms. The van der Waals surface area contributed by atoms with Crippen LogP contribution in [0.15, 0.2) is 34.7 Å². The van der Waals surface area contributed by atoms with Crippen LogP contribution >= 0.6 is 11.6 Å². The Balaban J connectivity index is 1.87. The minimum atomic E-state index is -0.661. The SMILES string of the molecule is CCC[C@@]1(CO)CN(C(=O)c2cc(-c3ccccc3Cl)oc2C)CC[C@@H]1O. The molecule has 1 aliphatic heterocycles. The molecule has 6 heteroatoms. The summed E-state index contributed by atoms with van der Waals surface area (Å²) in [5.74, 6) is 0.946. The van der Waals surface area contributed by atoms with Crippen molar-refractivity contribution < 1.29 is 19.4 Å². The summed E-state index contributed by atoms with van der Waals surface area (Å²) in [4.78, 5) is 14.8. The van der Waals surface area contributed by atoms with Crippen LogP contribution in [0.25, 0.3) is 11.3 Å². The van der Waals surface area contributed by atoms with Crippen LogP contribution in [-0.4, -0.2) is 46.8 Å². The first-order chi connectivity index (χ1) is 12.9. The van der Waals surface area contributed by atoms with Crippen molar-refractivity contribution in [1.82, 2.24) is 4.90 Å². The fourth-order valence-electron chi connectivity index (χ4n) is 3.96. The predicted molar refractivity (Wildman–Crippen MR) is 105 cm³/mol. The Morgan fingerprint density at radius 3 is 2.81 bits per heavy atom. The molecular weight excluding hydrogens is 366 g/mol. The Labute approximate surface area is 164 Å². The molecule has 0 radical (unpaired) electrons. The van der Waals surface area contributed by atoms with Crippen molar-refractivity contribution in [2.45, 2.75) is 39.2 Å². The first-order valence-corrected chi connectivity index (χ1v) is 9.73. The second kappa shape index (κ2) is 8.05. The highest BCUT2D eigenvalue weighted by molar-refractivity contribution is 6.33. The lowest BCUT2D eigenvalue weighted by molar-refractivity contribution is -0.0720. The van der Waals surface area contributed by atoms with E-state index < -0.39 is 11.5 Å². The number of likely N-dealkylation sites (tertiary alicyclic amines) is 1. The van der Waals surface area contributed by atoms with E-state index in [1.807, 2.05) is 25.1 Å². The van der Waals surface area contributed by atoms with Crippen LogP contribution in [0, 0.1) is 12.3 Å². The number of benzene rings is 1. The highest BCUT2D eigenvalue weighted by Gasteiger charge is 2.43. The predicted octanol–water partition coefficient (Wildman–Crippen LogP) is 3.89. The van der Waals surface area contributed by atoms with E-state index in [1.165, 1.54) is 0 Å². The number of carbonyl (C=O) groups excluding carboxylic acids is 1. The minimum Gasteiger partial charge on any atom is -0.460 e. The summed E-state index contributed by atoms with van der Waals surface area (Å²) in [6.07, 6.45) is 1.36. The van der Waals surface area contributed by atoms with Crippen LogP contribution in [0.2, 0.25) is 5.02 Å². The molecule has 5 nitrogen and oxygen atoms in total. The molecule has 0 spiro atoms. The molecule has 1 amide bonds. The molecule has 146 valence electrons. The summed E-state index contributed by atoms with van der Waals surface area (Å²) < 4.78 is 5.81. The first kappa shape index (κ1) is 19.9. The Bertz CT molecular complexity index is 818. The lowest BCUT2D eigenvalue weighted by Crippen LogP contribution is -2.55. The maximum Gasteiger partial charge on any atom is 0.257 e. The second-order valence-corrected chi connectivity index (χ2v) is 7.77. The van der Waals surface area contributed by atoms with Gasteiger partial charge in [-0.05, 0) is 38.0 Å². The van der Waals surface area contributed by atoms with Gasteiger partial charge in [-0.3, -0.25) is 4.79 Å². The molecular formula is C21H26ClNO4. The molecule has 0 aliphatic carbocycles. The van der Waals surface area contributed by atoms with E-state index in [1.54, 1.807) is 24.0 Å². The third kappa shape index (κ3) is 3.77. The minimum absolute atomic E-state index is 0.138. The molecule has 27 heavy (non-hydrogen) atoms. The number of amides is 1. The number of piperidine rings is 1. The van der Waals surface area contributed by atoms with Gasteiger partial charge in [0.25, 0.3) is 5.91 Å². The summed E-state index contributed by atoms with van der Waals surface area (Å²) in [6.45, 7) is 4.43. The van der Waals surface area contributed by atoms with Gasteiger partial charge < -0.3 is 19.5 Å². The normalized spacial score (nSPS) is 22.9. The number of furan rings is 1. The van der Waals surface area contributed by atoms with Gasteiger partial charge in [-0.25, -0.2) is 0 Å². The highest BCUT2D eigenvalue weighted by Crippen LogP contribution is 2.36. The van der Waals surface area contributed by atoms with Gasteiger partial charge in [-0.1, -0.05) is 37.1 Å². The molecule has 2 heterocycles. The molecule has 1 aromatic heterocycles. The lowest BCUT2D eigenvalue weighted by Gasteiger charge is -2.45. The van der Waals surface area contributed by atoms with Crippen LogP contribution in [0.3, 0.4) is 0 Å². The van der Waals surface area contributed by atoms with Crippen molar-refractivity contribution >= 4 is 17.5 Å². The van der Waals surface area contributed by atoms with Gasteiger partial charge >= 0.3 is 0 Å². The molecule has 1 fully saturated rings. The standard InChI is InChI=1S/C21H26ClNO4/c1-3-9-21(13-24)12-23(10-8-19(21)25)20(26)16-11-18(27-14(16)2)15-6-4-5-7-17(15)22/h4-7,11,19,24-25H,3,8-10,12-13H2,1-2H3/t19-,21-/m0/s1. The Kier molecular flexibility index (Phi) is 5.94. The fourth-order valence-corrected chi connectivity index (χ4v) is 4.19. The summed E-state index contributed by atoms with van der Waals surface area (Å²) in [7, 11) is 0. The number of rotatable bonds is 5. The van der Waals surface area contributed by atoms with E-state index in [2.05, 4.69) is 0 Å². The smallest absolute Gasteiger partial charge is 0.257 e. The van der Waals surface area contributed by atoms with Gasteiger partial charge in [-0.15, -0.1) is 0 Å². The zero-order chi connectivity index (χ0) is 19.6. The Hall–Kier alpha value is -1.82. The van der Waals surface area contributed by atoms with Crippen LogP contribution in [0.4, 0.5) is 0 Å². The molecule has 1 aromatic carbocycles. The van der Waals surface area contributed by atoms with Gasteiger partial charge in [0, 0.05) is 24.1 Å². The van der Waals surface area contributed by atoms with Crippen LogP contribution < -0.4 is 0 Å². The molecule has 0 saturated carbocycles. The molecule has 1 saturated heterocycles. The first-order valence-electron chi connectivity index (χ1n) is 9.35. The van der Waals surface area contributed by atoms with E-state index >= 15 is 0 Å². The second-order valence-electron chi connectivity index (χ2n) is 7.36. The monoisotopic (exact) mass is 391 g/mol. The number of aliphatic hydroxyl groups excluding tert-OH is 2. The van der Waals surface area contributed by atoms with Crippen molar-refractivity contribution in [2.75, 3.05) is 19.7 Å². The van der Waals surface area contributed by atoms with Gasteiger partial charge in [0.1, 0.15) is 11.5 Å². The average Bonchev–Trinajstić information content (AvgIpc) is 3.05. The van der Waals surface area contributed by atoms with E-state index in [4.69, 9.17) is 16.0 Å². The van der Waals surface area contributed by atoms with Crippen molar-refractivity contribution in [1.29, 1.82) is 0 Å². The maximum atomic E-state index is 13.1. The van der Waals surface area contributed by atoms with Crippen molar-refractivity contribution in [3.63, 3.8) is 0 Å². The van der Waals surface area contributed by atoms with Crippen molar-refractivity contribution in [3.05, 3.63) is 46.7 Å². The number of aryl methyl sites for hydroxylation is 1. The van der Waals surface area contributed by atoms with E-state index in [0.717, 1.165) is 12.0 Å². The number of nitrogens with zero attached hydrogens (tertiary/aromatic N) is 1. The number of carbonyl (C=O) groups is 1. The topological polar surface area (TPSA) is 73.9 Å². The van der Waals surface area contributed by atoms with Gasteiger partial charge in [0.2, 0.25) is 0 Å². The summed E-state index contributed by atoms with van der Waals surface area (Å²) in [5, 5.41) is 20.9. The van der Waals surface area contributed by atoms with E-state index in [9.17, 15) is 15.0 Å². The fraction of sp³-hybridized carbons (Fsp3) is 0.476. The molecule has 2 N–H and O–H groups in total. The number of hydrogen-bond donors (Lipinski definition) is 2. The van der Waals surface area contributed by atoms with Crippen molar-refractivity contribution in [3.8, 4) is 11.3 Å². The molecule has 2 aromatic rings. The third-order valence-corrected chi connectivity index (χ3v) is 5.85. The lowest BCUT2D eigenvalue weighted by atomic mass is 9.74. The van der Waals surface area contributed by atoms with Crippen molar-refractivity contribution in [2.24, 2.45) is 5.41 Å². The molecule has 2 atom stereocenters. The van der Waals surface area contributed by atoms with Gasteiger partial charge in [-0.2, -0.15) is 0 Å². The highest BCUT2D eigenvalue weighted by atomic mass is 35.5. The summed E-state index contributed by atoms with van der Waals surface area (Å²) >= 11 is 6.24. The van der Waals surface area contributed by atoms with Gasteiger partial charge in [0.05, 0.1) is 23.3 Å². The largest absolute Gasteiger partial charge is 0.460 e. The van der Waals surface area contributed by atoms with Crippen LogP contribution in [0.5, 0.6) is 0 Å². The average molecular weight is 392 g/mol. The molecule has 0 unspecified atom stereocenters. The Morgan fingerprint density at radius 1 is 1.41 bits per heavy atom. The zero-order valence-electron chi connectivity index (χ0n) is 15.7. The molecule has 3 rings (SSSR count). The maximum absolute atomic E-state index is 13.1. The third-order valence-electron chi connectivity index (χ3n) is 5.52. The zero-order valence-corrected chi connectivity index (χ0v) is 16.5.